The van der Waals surface area contributed by atoms with Crippen LogP contribution in [-0.4, -0.2) is 40.1 Å². The van der Waals surface area contributed by atoms with Crippen LogP contribution < -0.4 is 0 Å². The summed E-state index contributed by atoms with van der Waals surface area (Å²) in [6, 6.07) is 4.51. The summed E-state index contributed by atoms with van der Waals surface area (Å²) in [6.45, 7) is 2.11. The monoisotopic (exact) mass is 262 g/mol. The molecule has 1 N–H and O–H groups in total. The molecule has 2 rings (SSSR count). The molecule has 0 spiro atoms. The molecule has 0 radical (unpaired) electrons. The van der Waals surface area contributed by atoms with Crippen LogP contribution in [0.3, 0.4) is 0 Å². The Morgan fingerprint density at radius 3 is 3.11 bits per heavy atom. The smallest absolute Gasteiger partial charge is 0.303 e. The summed E-state index contributed by atoms with van der Waals surface area (Å²) < 4.78 is 0. The molecule has 4 heteroatoms. The molecular weight excluding hydrogens is 240 g/mol. The van der Waals surface area contributed by atoms with Crippen molar-refractivity contribution in [1.29, 1.82) is 0 Å². The lowest BCUT2D eigenvalue weighted by Crippen LogP contribution is -2.40. The van der Waals surface area contributed by atoms with Crippen LogP contribution in [0.4, 0.5) is 0 Å². The number of carboxylic acid groups (broad SMARTS) is 1. The van der Waals surface area contributed by atoms with E-state index in [4.69, 9.17) is 5.11 Å². The molecule has 1 aromatic rings. The number of aromatic nitrogens is 1. The standard InChI is InChI=1S/C15H22N2O2/c18-15(19)7-6-14-5-1-2-10-17(14)11-8-13-4-3-9-16-12-13/h3-4,9,12,14H,1-2,5-8,10-11H2,(H,18,19). The van der Waals surface area contributed by atoms with Gasteiger partial charge in [0.25, 0.3) is 0 Å². The number of pyridine rings is 1. The van der Waals surface area contributed by atoms with Gasteiger partial charge in [0.15, 0.2) is 0 Å². The number of aliphatic carboxylic acids is 1. The quantitative estimate of drug-likeness (QED) is 0.855. The van der Waals surface area contributed by atoms with Crippen molar-refractivity contribution in [2.24, 2.45) is 0 Å². The number of piperidine rings is 1. The van der Waals surface area contributed by atoms with E-state index in [9.17, 15) is 4.79 Å². The zero-order valence-corrected chi connectivity index (χ0v) is 11.3. The first kappa shape index (κ1) is 14.0. The summed E-state index contributed by atoms with van der Waals surface area (Å²) in [6.07, 6.45) is 9.37. The molecule has 19 heavy (non-hydrogen) atoms. The topological polar surface area (TPSA) is 53.4 Å². The van der Waals surface area contributed by atoms with Crippen molar-refractivity contribution < 1.29 is 9.90 Å². The number of likely N-dealkylation sites (tertiary alicyclic amines) is 1. The molecule has 1 saturated heterocycles. The van der Waals surface area contributed by atoms with E-state index in [1.807, 2.05) is 12.3 Å². The highest BCUT2D eigenvalue weighted by molar-refractivity contribution is 5.66. The van der Waals surface area contributed by atoms with Gasteiger partial charge in [0.2, 0.25) is 0 Å². The zero-order chi connectivity index (χ0) is 13.5. The van der Waals surface area contributed by atoms with Gasteiger partial charge in [-0.3, -0.25) is 9.78 Å². The predicted molar refractivity (Wildman–Crippen MR) is 74.0 cm³/mol. The summed E-state index contributed by atoms with van der Waals surface area (Å²) in [5.74, 6) is -0.683. The first-order chi connectivity index (χ1) is 9.25. The molecule has 104 valence electrons. The van der Waals surface area contributed by atoms with E-state index in [2.05, 4.69) is 16.0 Å². The predicted octanol–water partition coefficient (Wildman–Crippen LogP) is 2.34. The SMILES string of the molecule is O=C(O)CCC1CCCCN1CCc1cccnc1. The van der Waals surface area contributed by atoms with Gasteiger partial charge in [0.05, 0.1) is 0 Å². The lowest BCUT2D eigenvalue weighted by atomic mass is 9.97. The Balaban J connectivity index is 1.83. The highest BCUT2D eigenvalue weighted by atomic mass is 16.4. The lowest BCUT2D eigenvalue weighted by molar-refractivity contribution is -0.137. The Morgan fingerprint density at radius 2 is 2.37 bits per heavy atom. The second-order valence-electron chi connectivity index (χ2n) is 5.23. The van der Waals surface area contributed by atoms with Crippen molar-refractivity contribution in [2.45, 2.75) is 44.6 Å². The van der Waals surface area contributed by atoms with E-state index in [0.29, 0.717) is 6.04 Å². The number of hydrogen-bond donors (Lipinski definition) is 1. The summed E-state index contributed by atoms with van der Waals surface area (Å²) in [5, 5.41) is 8.81. The number of carboxylic acids is 1. The van der Waals surface area contributed by atoms with Crippen LogP contribution >= 0.6 is 0 Å². The van der Waals surface area contributed by atoms with Crippen molar-refractivity contribution in [1.82, 2.24) is 9.88 Å². The minimum Gasteiger partial charge on any atom is -0.481 e. The average Bonchev–Trinajstić information content (AvgIpc) is 2.45. The Labute approximate surface area is 114 Å². The van der Waals surface area contributed by atoms with Gasteiger partial charge in [-0.15, -0.1) is 0 Å². The Morgan fingerprint density at radius 1 is 1.47 bits per heavy atom. The van der Waals surface area contributed by atoms with Gasteiger partial charge in [-0.05, 0) is 43.9 Å². The molecule has 1 unspecified atom stereocenters. The van der Waals surface area contributed by atoms with Crippen molar-refractivity contribution in [3.63, 3.8) is 0 Å². The van der Waals surface area contributed by atoms with E-state index in [0.717, 1.165) is 32.4 Å². The van der Waals surface area contributed by atoms with E-state index < -0.39 is 5.97 Å². The van der Waals surface area contributed by atoms with Gasteiger partial charge >= 0.3 is 5.97 Å². The van der Waals surface area contributed by atoms with E-state index >= 15 is 0 Å². The molecule has 0 bridgehead atoms. The molecule has 2 heterocycles. The van der Waals surface area contributed by atoms with Crippen LogP contribution in [-0.2, 0) is 11.2 Å². The highest BCUT2D eigenvalue weighted by Crippen LogP contribution is 2.21. The van der Waals surface area contributed by atoms with Crippen molar-refractivity contribution in [2.75, 3.05) is 13.1 Å². The number of hydrogen-bond acceptors (Lipinski definition) is 3. The third kappa shape index (κ3) is 4.63. The Hall–Kier alpha value is -1.42. The average molecular weight is 262 g/mol. The summed E-state index contributed by atoms with van der Waals surface area (Å²) in [5.41, 5.74) is 1.25. The van der Waals surface area contributed by atoms with Crippen LogP contribution in [0.2, 0.25) is 0 Å². The van der Waals surface area contributed by atoms with Gasteiger partial charge in [0, 0.05) is 31.4 Å². The molecule has 0 amide bonds. The molecular formula is C15H22N2O2. The third-order valence-electron chi connectivity index (χ3n) is 3.85. The highest BCUT2D eigenvalue weighted by Gasteiger charge is 2.22. The van der Waals surface area contributed by atoms with Crippen LogP contribution in [0.15, 0.2) is 24.5 Å². The molecule has 4 nitrogen and oxygen atoms in total. The molecule has 1 fully saturated rings. The molecule has 0 aromatic carbocycles. The fourth-order valence-electron chi connectivity index (χ4n) is 2.79. The number of nitrogens with zero attached hydrogens (tertiary/aromatic N) is 2. The van der Waals surface area contributed by atoms with E-state index in [1.165, 1.54) is 18.4 Å². The lowest BCUT2D eigenvalue weighted by Gasteiger charge is -2.35. The molecule has 1 aliphatic heterocycles. The van der Waals surface area contributed by atoms with E-state index in [-0.39, 0.29) is 6.42 Å². The van der Waals surface area contributed by atoms with Crippen LogP contribution in [0.5, 0.6) is 0 Å². The molecule has 1 atom stereocenters. The minimum absolute atomic E-state index is 0.286. The first-order valence-electron chi connectivity index (χ1n) is 7.10. The Bertz CT molecular complexity index is 394. The van der Waals surface area contributed by atoms with Crippen molar-refractivity contribution >= 4 is 5.97 Å². The summed E-state index contributed by atoms with van der Waals surface area (Å²) in [7, 11) is 0. The van der Waals surface area contributed by atoms with Gasteiger partial charge in [-0.1, -0.05) is 12.5 Å². The van der Waals surface area contributed by atoms with Crippen molar-refractivity contribution in [3.8, 4) is 0 Å². The molecule has 0 saturated carbocycles. The van der Waals surface area contributed by atoms with Gasteiger partial charge in [-0.25, -0.2) is 0 Å². The summed E-state index contributed by atoms with van der Waals surface area (Å²) in [4.78, 5) is 17.3. The fourth-order valence-corrected chi connectivity index (χ4v) is 2.79. The molecule has 0 aliphatic carbocycles. The number of carbonyl (C=O) groups is 1. The van der Waals surface area contributed by atoms with Crippen LogP contribution in [0.25, 0.3) is 0 Å². The van der Waals surface area contributed by atoms with Gasteiger partial charge in [-0.2, -0.15) is 0 Å². The van der Waals surface area contributed by atoms with Crippen LogP contribution in [0.1, 0.15) is 37.7 Å². The maximum atomic E-state index is 10.7. The van der Waals surface area contributed by atoms with Crippen LogP contribution in [0, 0.1) is 0 Å². The fraction of sp³-hybridized carbons (Fsp3) is 0.600. The third-order valence-corrected chi connectivity index (χ3v) is 3.85. The largest absolute Gasteiger partial charge is 0.481 e. The molecule has 1 aliphatic rings. The zero-order valence-electron chi connectivity index (χ0n) is 11.3. The van der Waals surface area contributed by atoms with Crippen molar-refractivity contribution in [3.05, 3.63) is 30.1 Å². The van der Waals surface area contributed by atoms with Gasteiger partial charge < -0.3 is 10.0 Å². The van der Waals surface area contributed by atoms with Gasteiger partial charge in [0.1, 0.15) is 0 Å². The second kappa shape index (κ2) is 7.24. The maximum absolute atomic E-state index is 10.7. The maximum Gasteiger partial charge on any atom is 0.303 e. The normalized spacial score (nSPS) is 20.3. The Kier molecular flexibility index (Phi) is 5.33. The summed E-state index contributed by atoms with van der Waals surface area (Å²) >= 11 is 0. The van der Waals surface area contributed by atoms with E-state index in [1.54, 1.807) is 6.20 Å². The molecule has 1 aromatic heterocycles. The second-order valence-corrected chi connectivity index (χ2v) is 5.23. The first-order valence-corrected chi connectivity index (χ1v) is 7.10. The minimum atomic E-state index is -0.683. The number of rotatable bonds is 6.